The molecule has 3 aromatic rings. The third-order valence-electron chi connectivity index (χ3n) is 3.68. The number of hydrogen-bond acceptors (Lipinski definition) is 2. The molecule has 0 aliphatic rings. The lowest BCUT2D eigenvalue weighted by Gasteiger charge is -2.11. The largest absolute Gasteiger partial charge is 0.488 e. The van der Waals surface area contributed by atoms with Crippen molar-refractivity contribution in [2.24, 2.45) is 0 Å². The van der Waals surface area contributed by atoms with Gasteiger partial charge in [0.15, 0.2) is 0 Å². The van der Waals surface area contributed by atoms with Crippen LogP contribution >= 0.6 is 15.9 Å². The normalized spacial score (nSPS) is 10.5. The Bertz CT molecular complexity index is 853. The molecule has 0 amide bonds. The molecule has 1 N–H and O–H groups in total. The van der Waals surface area contributed by atoms with Gasteiger partial charge in [-0.05, 0) is 64.0 Å². The van der Waals surface area contributed by atoms with Crippen LogP contribution in [0.5, 0.6) is 5.75 Å². The fourth-order valence-electron chi connectivity index (χ4n) is 2.31. The highest BCUT2D eigenvalue weighted by Gasteiger charge is 2.06. The topological polar surface area (TPSA) is 21.3 Å². The van der Waals surface area contributed by atoms with E-state index in [1.54, 1.807) is 30.3 Å². The van der Waals surface area contributed by atoms with Gasteiger partial charge < -0.3 is 10.1 Å². The molecule has 0 spiro atoms. The zero-order valence-corrected chi connectivity index (χ0v) is 14.9. The molecule has 25 heavy (non-hydrogen) atoms. The molecule has 0 atom stereocenters. The maximum absolute atomic E-state index is 13.6. The molecule has 0 aliphatic heterocycles. The van der Waals surface area contributed by atoms with Crippen LogP contribution in [0.25, 0.3) is 0 Å². The van der Waals surface area contributed by atoms with E-state index in [-0.39, 0.29) is 18.2 Å². The summed E-state index contributed by atoms with van der Waals surface area (Å²) in [6.45, 7) is 0.760. The second kappa shape index (κ2) is 8.12. The van der Waals surface area contributed by atoms with Gasteiger partial charge in [0.2, 0.25) is 0 Å². The van der Waals surface area contributed by atoms with Crippen LogP contribution in [0.1, 0.15) is 11.1 Å². The van der Waals surface area contributed by atoms with Gasteiger partial charge in [0.1, 0.15) is 24.0 Å². The number of hydrogen-bond donors (Lipinski definition) is 1. The van der Waals surface area contributed by atoms with Gasteiger partial charge in [-0.15, -0.1) is 0 Å². The SMILES string of the molecule is Fc1ccc(NCc2ccc(OCc3ccccc3F)c(Br)c2)cc1. The van der Waals surface area contributed by atoms with E-state index < -0.39 is 0 Å². The van der Waals surface area contributed by atoms with Crippen LogP contribution in [0.3, 0.4) is 0 Å². The predicted octanol–water partition coefficient (Wildman–Crippen LogP) is 5.92. The Balaban J connectivity index is 1.60. The van der Waals surface area contributed by atoms with Gasteiger partial charge >= 0.3 is 0 Å². The Hall–Kier alpha value is -2.40. The van der Waals surface area contributed by atoms with E-state index in [0.717, 1.165) is 15.7 Å². The number of benzene rings is 3. The molecule has 5 heteroatoms. The molecule has 0 aromatic heterocycles. The minimum atomic E-state index is -0.279. The Labute approximate surface area is 153 Å². The maximum atomic E-state index is 13.6. The standard InChI is InChI=1S/C20H16BrF2NO/c21-18-11-14(12-24-17-8-6-16(22)7-9-17)5-10-20(18)25-13-15-3-1-2-4-19(15)23/h1-11,24H,12-13H2. The zero-order chi connectivity index (χ0) is 17.6. The summed E-state index contributed by atoms with van der Waals surface area (Å²) in [4.78, 5) is 0. The minimum absolute atomic E-state index is 0.165. The minimum Gasteiger partial charge on any atom is -0.488 e. The second-order valence-corrected chi connectivity index (χ2v) is 6.36. The van der Waals surface area contributed by atoms with Gasteiger partial charge in [0.05, 0.1) is 4.47 Å². The van der Waals surface area contributed by atoms with Crippen LogP contribution in [-0.4, -0.2) is 0 Å². The summed E-state index contributed by atoms with van der Waals surface area (Å²) in [5, 5.41) is 3.22. The molecule has 3 rings (SSSR count). The van der Waals surface area contributed by atoms with Crippen molar-refractivity contribution >= 4 is 21.6 Å². The van der Waals surface area contributed by atoms with E-state index in [1.165, 1.54) is 18.2 Å². The lowest BCUT2D eigenvalue weighted by molar-refractivity contribution is 0.298. The molecule has 0 fully saturated rings. The van der Waals surface area contributed by atoms with E-state index in [0.29, 0.717) is 17.9 Å². The van der Waals surface area contributed by atoms with Gasteiger partial charge in [0, 0.05) is 17.8 Å². The lowest BCUT2D eigenvalue weighted by atomic mass is 10.2. The van der Waals surface area contributed by atoms with Gasteiger partial charge in [-0.25, -0.2) is 8.78 Å². The van der Waals surface area contributed by atoms with Crippen LogP contribution in [0.15, 0.2) is 71.2 Å². The number of anilines is 1. The van der Waals surface area contributed by atoms with Crippen LogP contribution in [0.2, 0.25) is 0 Å². The zero-order valence-electron chi connectivity index (χ0n) is 13.3. The van der Waals surface area contributed by atoms with Gasteiger partial charge in [-0.1, -0.05) is 24.3 Å². The van der Waals surface area contributed by atoms with Crippen molar-refractivity contribution in [3.05, 3.63) is 94.0 Å². The summed E-state index contributed by atoms with van der Waals surface area (Å²) in [5.41, 5.74) is 2.39. The molecular formula is C20H16BrF2NO. The Morgan fingerprint density at radius 2 is 1.68 bits per heavy atom. The number of nitrogens with one attached hydrogen (secondary N) is 1. The molecule has 3 aromatic carbocycles. The highest BCUT2D eigenvalue weighted by atomic mass is 79.9. The first-order valence-electron chi connectivity index (χ1n) is 7.76. The third-order valence-corrected chi connectivity index (χ3v) is 4.30. The molecule has 0 aliphatic carbocycles. The van der Waals surface area contributed by atoms with E-state index in [1.807, 2.05) is 18.2 Å². The van der Waals surface area contributed by atoms with Gasteiger partial charge in [0.25, 0.3) is 0 Å². The molecule has 128 valence electrons. The first-order chi connectivity index (χ1) is 12.1. The first kappa shape index (κ1) is 17.4. The Kier molecular flexibility index (Phi) is 5.66. The molecule has 0 radical (unpaired) electrons. The summed E-state index contributed by atoms with van der Waals surface area (Å²) in [7, 11) is 0. The van der Waals surface area contributed by atoms with Crippen molar-refractivity contribution in [2.45, 2.75) is 13.2 Å². The van der Waals surface area contributed by atoms with Crippen molar-refractivity contribution < 1.29 is 13.5 Å². The van der Waals surface area contributed by atoms with Crippen molar-refractivity contribution in [1.29, 1.82) is 0 Å². The summed E-state index contributed by atoms with van der Waals surface area (Å²) in [6.07, 6.45) is 0. The molecule has 0 unspecified atom stereocenters. The average molecular weight is 404 g/mol. The van der Waals surface area contributed by atoms with Crippen LogP contribution < -0.4 is 10.1 Å². The van der Waals surface area contributed by atoms with Crippen LogP contribution in [-0.2, 0) is 13.2 Å². The quantitative estimate of drug-likeness (QED) is 0.551. The Morgan fingerprint density at radius 3 is 2.40 bits per heavy atom. The molecule has 0 saturated carbocycles. The van der Waals surface area contributed by atoms with Crippen LogP contribution in [0.4, 0.5) is 14.5 Å². The smallest absolute Gasteiger partial charge is 0.134 e. The Morgan fingerprint density at radius 1 is 0.920 bits per heavy atom. The molecule has 0 saturated heterocycles. The first-order valence-corrected chi connectivity index (χ1v) is 8.55. The summed E-state index contributed by atoms with van der Waals surface area (Å²) >= 11 is 3.48. The third kappa shape index (κ3) is 4.79. The van der Waals surface area contributed by atoms with E-state index >= 15 is 0 Å². The highest BCUT2D eigenvalue weighted by Crippen LogP contribution is 2.27. The monoisotopic (exact) mass is 403 g/mol. The number of ether oxygens (including phenoxy) is 1. The van der Waals surface area contributed by atoms with Gasteiger partial charge in [-0.3, -0.25) is 0 Å². The molecular weight excluding hydrogens is 388 g/mol. The van der Waals surface area contributed by atoms with E-state index in [4.69, 9.17) is 4.74 Å². The fourth-order valence-corrected chi connectivity index (χ4v) is 2.85. The highest BCUT2D eigenvalue weighted by molar-refractivity contribution is 9.10. The van der Waals surface area contributed by atoms with Crippen molar-refractivity contribution in [3.63, 3.8) is 0 Å². The van der Waals surface area contributed by atoms with Crippen molar-refractivity contribution in [1.82, 2.24) is 0 Å². The van der Waals surface area contributed by atoms with Crippen molar-refractivity contribution in [3.8, 4) is 5.75 Å². The summed E-state index contributed by atoms with van der Waals surface area (Å²) < 4.78 is 33.0. The van der Waals surface area contributed by atoms with Crippen LogP contribution in [0, 0.1) is 11.6 Å². The molecule has 0 bridgehead atoms. The summed E-state index contributed by atoms with van der Waals surface area (Å²) in [5.74, 6) is 0.108. The fraction of sp³-hybridized carbons (Fsp3) is 0.100. The lowest BCUT2D eigenvalue weighted by Crippen LogP contribution is -2.01. The molecule has 0 heterocycles. The van der Waals surface area contributed by atoms with Gasteiger partial charge in [-0.2, -0.15) is 0 Å². The number of halogens is 3. The maximum Gasteiger partial charge on any atom is 0.134 e. The second-order valence-electron chi connectivity index (χ2n) is 5.51. The van der Waals surface area contributed by atoms with E-state index in [9.17, 15) is 8.78 Å². The average Bonchev–Trinajstić information content (AvgIpc) is 2.62. The van der Waals surface area contributed by atoms with E-state index in [2.05, 4.69) is 21.2 Å². The molecule has 2 nitrogen and oxygen atoms in total. The number of rotatable bonds is 6. The predicted molar refractivity (Wildman–Crippen MR) is 98.6 cm³/mol. The van der Waals surface area contributed by atoms with Crippen molar-refractivity contribution in [2.75, 3.05) is 5.32 Å². The summed E-state index contributed by atoms with van der Waals surface area (Å²) in [6, 6.07) is 18.5.